The van der Waals surface area contributed by atoms with Crippen molar-refractivity contribution in [3.63, 3.8) is 0 Å². The highest BCUT2D eigenvalue weighted by Crippen LogP contribution is 2.26. The third-order valence-corrected chi connectivity index (χ3v) is 5.21. The summed E-state index contributed by atoms with van der Waals surface area (Å²) in [5, 5.41) is 0.518. The number of hydrogen-bond donors (Lipinski definition) is 0. The SMILES string of the molecule is COc1ccc(Cl)cc1C(=O)N1CCN(c2nc3ccccc3nc2C)CC1. The van der Waals surface area contributed by atoms with Crippen molar-refractivity contribution in [2.45, 2.75) is 6.92 Å². The van der Waals surface area contributed by atoms with Gasteiger partial charge in [0.15, 0.2) is 5.82 Å². The number of hydrogen-bond acceptors (Lipinski definition) is 5. The summed E-state index contributed by atoms with van der Waals surface area (Å²) in [7, 11) is 1.55. The van der Waals surface area contributed by atoms with Crippen LogP contribution in [0.5, 0.6) is 5.75 Å². The number of carbonyl (C=O) groups excluding carboxylic acids is 1. The average molecular weight is 397 g/mol. The zero-order valence-corrected chi connectivity index (χ0v) is 16.6. The van der Waals surface area contributed by atoms with Crippen LogP contribution in [0.1, 0.15) is 16.1 Å². The highest BCUT2D eigenvalue weighted by molar-refractivity contribution is 6.31. The number of methoxy groups -OCH3 is 1. The van der Waals surface area contributed by atoms with Gasteiger partial charge in [-0.1, -0.05) is 23.7 Å². The summed E-state index contributed by atoms with van der Waals surface area (Å²) in [6.07, 6.45) is 0. The first-order valence-corrected chi connectivity index (χ1v) is 9.56. The maximum absolute atomic E-state index is 13.0. The van der Waals surface area contributed by atoms with E-state index >= 15 is 0 Å². The lowest BCUT2D eigenvalue weighted by molar-refractivity contribution is 0.0743. The fraction of sp³-hybridized carbons (Fsp3) is 0.286. The topological polar surface area (TPSA) is 58.6 Å². The largest absolute Gasteiger partial charge is 0.496 e. The standard InChI is InChI=1S/C21H21ClN4O2/c1-14-20(24-18-6-4-3-5-17(18)23-14)25-9-11-26(12-10-25)21(27)16-13-15(22)7-8-19(16)28-2/h3-8,13H,9-12H2,1-2H3. The van der Waals surface area contributed by atoms with Crippen LogP contribution in [0.15, 0.2) is 42.5 Å². The van der Waals surface area contributed by atoms with Gasteiger partial charge in [0.1, 0.15) is 5.75 Å². The number of nitrogens with zero attached hydrogens (tertiary/aromatic N) is 4. The number of anilines is 1. The van der Waals surface area contributed by atoms with E-state index in [2.05, 4.69) is 9.88 Å². The molecule has 0 saturated carbocycles. The molecule has 3 aromatic rings. The number of halogens is 1. The van der Waals surface area contributed by atoms with Crippen molar-refractivity contribution in [2.75, 3.05) is 38.2 Å². The molecule has 1 saturated heterocycles. The monoisotopic (exact) mass is 396 g/mol. The van der Waals surface area contributed by atoms with E-state index in [4.69, 9.17) is 21.3 Å². The van der Waals surface area contributed by atoms with E-state index in [0.29, 0.717) is 42.5 Å². The molecule has 0 spiro atoms. The van der Waals surface area contributed by atoms with Gasteiger partial charge in [-0.3, -0.25) is 4.79 Å². The molecule has 6 nitrogen and oxygen atoms in total. The fourth-order valence-electron chi connectivity index (χ4n) is 3.52. The molecule has 1 amide bonds. The zero-order valence-electron chi connectivity index (χ0n) is 15.9. The lowest BCUT2D eigenvalue weighted by Crippen LogP contribution is -2.49. The number of amides is 1. The Morgan fingerprint density at radius 1 is 1.04 bits per heavy atom. The second-order valence-electron chi connectivity index (χ2n) is 6.75. The van der Waals surface area contributed by atoms with Gasteiger partial charge in [0.05, 0.1) is 29.4 Å². The van der Waals surface area contributed by atoms with Crippen molar-refractivity contribution in [3.8, 4) is 5.75 Å². The molecule has 0 aliphatic carbocycles. The van der Waals surface area contributed by atoms with Crippen LogP contribution in [0, 0.1) is 6.92 Å². The number of carbonyl (C=O) groups is 1. The minimum atomic E-state index is -0.0692. The molecule has 0 atom stereocenters. The first-order valence-electron chi connectivity index (χ1n) is 9.18. The summed E-state index contributed by atoms with van der Waals surface area (Å²) in [4.78, 5) is 26.4. The molecule has 2 aromatic carbocycles. The first kappa shape index (κ1) is 18.5. The Morgan fingerprint density at radius 2 is 1.71 bits per heavy atom. The van der Waals surface area contributed by atoms with Crippen LogP contribution < -0.4 is 9.64 Å². The third kappa shape index (κ3) is 3.47. The van der Waals surface area contributed by atoms with Crippen molar-refractivity contribution in [1.82, 2.24) is 14.9 Å². The van der Waals surface area contributed by atoms with E-state index in [1.807, 2.05) is 36.1 Å². The molecule has 0 radical (unpaired) electrons. The number of aromatic nitrogens is 2. The van der Waals surface area contributed by atoms with Crippen LogP contribution in [-0.2, 0) is 0 Å². The number of aryl methyl sites for hydroxylation is 1. The van der Waals surface area contributed by atoms with Crippen molar-refractivity contribution in [2.24, 2.45) is 0 Å². The van der Waals surface area contributed by atoms with E-state index in [1.54, 1.807) is 25.3 Å². The highest BCUT2D eigenvalue weighted by atomic mass is 35.5. The predicted molar refractivity (Wildman–Crippen MR) is 110 cm³/mol. The Labute approximate surface area is 168 Å². The van der Waals surface area contributed by atoms with Gasteiger partial charge in [-0.15, -0.1) is 0 Å². The number of benzene rings is 2. The molecular weight excluding hydrogens is 376 g/mol. The molecule has 2 heterocycles. The van der Waals surface area contributed by atoms with Crippen LogP contribution in [0.2, 0.25) is 5.02 Å². The minimum absolute atomic E-state index is 0.0692. The maximum atomic E-state index is 13.0. The second-order valence-corrected chi connectivity index (χ2v) is 7.18. The van der Waals surface area contributed by atoms with Crippen molar-refractivity contribution < 1.29 is 9.53 Å². The van der Waals surface area contributed by atoms with Gasteiger partial charge in [-0.2, -0.15) is 0 Å². The van der Waals surface area contributed by atoms with E-state index in [0.717, 1.165) is 22.5 Å². The number of fused-ring (bicyclic) bond motifs is 1. The number of rotatable bonds is 3. The van der Waals surface area contributed by atoms with E-state index in [1.165, 1.54) is 0 Å². The second kappa shape index (κ2) is 7.64. The summed E-state index contributed by atoms with van der Waals surface area (Å²) in [5.74, 6) is 1.35. The molecule has 4 rings (SSSR count). The molecule has 0 N–H and O–H groups in total. The Balaban J connectivity index is 1.51. The zero-order chi connectivity index (χ0) is 19.7. The van der Waals surface area contributed by atoms with E-state index in [9.17, 15) is 4.79 Å². The highest BCUT2D eigenvalue weighted by Gasteiger charge is 2.26. The molecule has 28 heavy (non-hydrogen) atoms. The summed E-state index contributed by atoms with van der Waals surface area (Å²) >= 11 is 6.08. The van der Waals surface area contributed by atoms with Gasteiger partial charge in [-0.05, 0) is 37.3 Å². The molecule has 1 fully saturated rings. The molecule has 144 valence electrons. The maximum Gasteiger partial charge on any atom is 0.257 e. The van der Waals surface area contributed by atoms with Gasteiger partial charge in [-0.25, -0.2) is 9.97 Å². The average Bonchev–Trinajstić information content (AvgIpc) is 2.73. The number of para-hydroxylation sites is 2. The van der Waals surface area contributed by atoms with Crippen molar-refractivity contribution in [3.05, 3.63) is 58.7 Å². The predicted octanol–water partition coefficient (Wildman–Crippen LogP) is 3.56. The van der Waals surface area contributed by atoms with Crippen LogP contribution in [0.25, 0.3) is 11.0 Å². The van der Waals surface area contributed by atoms with Crippen molar-refractivity contribution >= 4 is 34.4 Å². The number of ether oxygens (including phenoxy) is 1. The number of piperazine rings is 1. The molecule has 1 aromatic heterocycles. The summed E-state index contributed by atoms with van der Waals surface area (Å²) in [5.41, 5.74) is 3.16. The Morgan fingerprint density at radius 3 is 2.39 bits per heavy atom. The fourth-order valence-corrected chi connectivity index (χ4v) is 3.69. The molecule has 1 aliphatic heterocycles. The molecule has 0 bridgehead atoms. The summed E-state index contributed by atoms with van der Waals surface area (Å²) in [6, 6.07) is 13.0. The van der Waals surface area contributed by atoms with E-state index in [-0.39, 0.29) is 5.91 Å². The Hall–Kier alpha value is -2.86. The normalized spacial score (nSPS) is 14.4. The minimum Gasteiger partial charge on any atom is -0.496 e. The first-order chi connectivity index (χ1) is 13.6. The molecular formula is C21H21ClN4O2. The molecule has 0 unspecified atom stereocenters. The van der Waals surface area contributed by atoms with Gasteiger partial charge >= 0.3 is 0 Å². The molecule has 1 aliphatic rings. The van der Waals surface area contributed by atoms with Gasteiger partial charge < -0.3 is 14.5 Å². The van der Waals surface area contributed by atoms with E-state index < -0.39 is 0 Å². The summed E-state index contributed by atoms with van der Waals surface area (Å²) < 4.78 is 5.32. The lowest BCUT2D eigenvalue weighted by Gasteiger charge is -2.36. The van der Waals surface area contributed by atoms with Gasteiger partial charge in [0.2, 0.25) is 0 Å². The van der Waals surface area contributed by atoms with Gasteiger partial charge in [0, 0.05) is 31.2 Å². The van der Waals surface area contributed by atoms with Gasteiger partial charge in [0.25, 0.3) is 5.91 Å². The quantitative estimate of drug-likeness (QED) is 0.677. The van der Waals surface area contributed by atoms with Crippen LogP contribution >= 0.6 is 11.6 Å². The van der Waals surface area contributed by atoms with Crippen LogP contribution in [-0.4, -0.2) is 54.1 Å². The Bertz CT molecular complexity index is 1030. The summed E-state index contributed by atoms with van der Waals surface area (Å²) in [6.45, 7) is 4.57. The molecule has 7 heteroatoms. The Kier molecular flexibility index (Phi) is 5.05. The van der Waals surface area contributed by atoms with Crippen LogP contribution in [0.3, 0.4) is 0 Å². The smallest absolute Gasteiger partial charge is 0.257 e. The lowest BCUT2D eigenvalue weighted by atomic mass is 10.1. The third-order valence-electron chi connectivity index (χ3n) is 4.98. The van der Waals surface area contributed by atoms with Crippen molar-refractivity contribution in [1.29, 1.82) is 0 Å². The van der Waals surface area contributed by atoms with Crippen LogP contribution in [0.4, 0.5) is 5.82 Å².